The van der Waals surface area contributed by atoms with E-state index in [1.165, 1.54) is 30.3 Å². The number of amides is 1. The zero-order valence-electron chi connectivity index (χ0n) is 12.0. The van der Waals surface area contributed by atoms with Crippen LogP contribution in [-0.4, -0.2) is 29.0 Å². The second-order valence-corrected chi connectivity index (χ2v) is 9.72. The Kier molecular flexibility index (Phi) is 4.90. The first-order valence-electron chi connectivity index (χ1n) is 6.27. The molecule has 7 nitrogen and oxygen atoms in total. The molecule has 0 radical (unpaired) electrons. The molecule has 0 spiro atoms. The predicted octanol–water partition coefficient (Wildman–Crippen LogP) is 0.729. The average Bonchev–Trinajstić information content (AvgIpc) is 2.93. The number of carbonyl (C=O) groups excluding carboxylic acids is 1. The molecule has 2 aromatic rings. The van der Waals surface area contributed by atoms with Crippen LogP contribution in [0.4, 0.5) is 0 Å². The van der Waals surface area contributed by atoms with Crippen LogP contribution in [-0.2, 0) is 26.4 Å². The summed E-state index contributed by atoms with van der Waals surface area (Å²) in [4.78, 5) is 12.7. The highest BCUT2D eigenvalue weighted by atomic mass is 32.2. The first kappa shape index (κ1) is 17.6. The van der Waals surface area contributed by atoms with E-state index in [2.05, 4.69) is 5.32 Å². The lowest BCUT2D eigenvalue weighted by Gasteiger charge is -2.04. The van der Waals surface area contributed by atoms with E-state index in [1.54, 1.807) is 6.07 Å². The Morgan fingerprint density at radius 3 is 2.17 bits per heavy atom. The van der Waals surface area contributed by atoms with Gasteiger partial charge in [0.05, 0.1) is 11.4 Å². The molecule has 1 heterocycles. The van der Waals surface area contributed by atoms with Crippen LogP contribution >= 0.6 is 11.3 Å². The lowest BCUT2D eigenvalue weighted by Crippen LogP contribution is -2.22. The van der Waals surface area contributed by atoms with Crippen molar-refractivity contribution in [2.45, 2.75) is 15.6 Å². The topological polar surface area (TPSA) is 123 Å². The van der Waals surface area contributed by atoms with Crippen molar-refractivity contribution < 1.29 is 21.6 Å². The molecule has 1 amide bonds. The summed E-state index contributed by atoms with van der Waals surface area (Å²) in [5.74, 6) is -0.393. The van der Waals surface area contributed by atoms with Crippen LogP contribution in [0.5, 0.6) is 0 Å². The van der Waals surface area contributed by atoms with Gasteiger partial charge in [0.2, 0.25) is 10.0 Å². The molecule has 1 aromatic carbocycles. The van der Waals surface area contributed by atoms with Gasteiger partial charge in [0.1, 0.15) is 4.21 Å². The van der Waals surface area contributed by atoms with E-state index < -0.39 is 25.8 Å². The fraction of sp³-hybridized carbons (Fsp3) is 0.154. The lowest BCUT2D eigenvalue weighted by atomic mass is 10.2. The minimum atomic E-state index is -3.74. The Morgan fingerprint density at radius 1 is 1.09 bits per heavy atom. The van der Waals surface area contributed by atoms with E-state index in [9.17, 15) is 21.6 Å². The summed E-state index contributed by atoms with van der Waals surface area (Å²) in [6.07, 6.45) is 1.09. The highest BCUT2D eigenvalue weighted by Crippen LogP contribution is 2.20. The highest BCUT2D eigenvalue weighted by molar-refractivity contribution is 7.91. The maximum absolute atomic E-state index is 12.0. The summed E-state index contributed by atoms with van der Waals surface area (Å²) >= 11 is 0.976. The van der Waals surface area contributed by atoms with Gasteiger partial charge in [0.25, 0.3) is 5.91 Å². The summed E-state index contributed by atoms with van der Waals surface area (Å²) in [6, 6.07) is 8.48. The maximum Gasteiger partial charge on any atom is 0.251 e. The van der Waals surface area contributed by atoms with Crippen molar-refractivity contribution in [2.75, 3.05) is 6.26 Å². The van der Waals surface area contributed by atoms with Gasteiger partial charge in [-0.2, -0.15) is 0 Å². The Bertz CT molecular complexity index is 928. The number of rotatable bonds is 5. The van der Waals surface area contributed by atoms with Crippen molar-refractivity contribution in [3.05, 3.63) is 46.8 Å². The third-order valence-electron chi connectivity index (χ3n) is 2.89. The standard InChI is InChI=1S/C13H14N2O5S3/c1-22(17,18)11-5-2-9(3-6-11)13(16)15-8-10-4-7-12(21-10)23(14,19)20/h2-7H,8H2,1H3,(H,15,16)(H2,14,19,20). The number of benzene rings is 1. The molecule has 0 saturated carbocycles. The Balaban J connectivity index is 2.04. The van der Waals surface area contributed by atoms with Crippen molar-refractivity contribution in [3.63, 3.8) is 0 Å². The van der Waals surface area contributed by atoms with E-state index in [4.69, 9.17) is 5.14 Å². The molecule has 0 aliphatic rings. The molecule has 0 unspecified atom stereocenters. The summed E-state index contributed by atoms with van der Waals surface area (Å²) in [7, 11) is -7.05. The van der Waals surface area contributed by atoms with Gasteiger partial charge < -0.3 is 5.32 Å². The van der Waals surface area contributed by atoms with Crippen molar-refractivity contribution in [1.29, 1.82) is 0 Å². The van der Waals surface area contributed by atoms with Gasteiger partial charge in [-0.05, 0) is 36.4 Å². The van der Waals surface area contributed by atoms with Crippen molar-refractivity contribution >= 4 is 37.1 Å². The average molecular weight is 374 g/mol. The first-order chi connectivity index (χ1) is 10.6. The second kappa shape index (κ2) is 6.40. The van der Waals surface area contributed by atoms with E-state index in [0.717, 1.165) is 17.6 Å². The summed E-state index contributed by atoms with van der Waals surface area (Å²) in [5, 5.41) is 7.64. The van der Waals surface area contributed by atoms with E-state index in [-0.39, 0.29) is 15.6 Å². The van der Waals surface area contributed by atoms with Gasteiger partial charge in [0.15, 0.2) is 9.84 Å². The molecule has 124 valence electrons. The zero-order chi connectivity index (χ0) is 17.3. The zero-order valence-corrected chi connectivity index (χ0v) is 14.5. The fourth-order valence-electron chi connectivity index (χ4n) is 1.73. The van der Waals surface area contributed by atoms with E-state index in [1.807, 2.05) is 0 Å². The lowest BCUT2D eigenvalue weighted by molar-refractivity contribution is 0.0951. The fourth-order valence-corrected chi connectivity index (χ4v) is 4.08. The van der Waals surface area contributed by atoms with E-state index >= 15 is 0 Å². The molecule has 0 fully saturated rings. The van der Waals surface area contributed by atoms with Gasteiger partial charge >= 0.3 is 0 Å². The SMILES string of the molecule is CS(=O)(=O)c1ccc(C(=O)NCc2ccc(S(N)(=O)=O)s2)cc1. The molecule has 0 aliphatic heterocycles. The summed E-state index contributed by atoms with van der Waals surface area (Å²) < 4.78 is 45.1. The molecule has 1 aromatic heterocycles. The van der Waals surface area contributed by atoms with Crippen LogP contribution in [0, 0.1) is 0 Å². The Hall–Kier alpha value is -1.75. The second-order valence-electron chi connectivity index (χ2n) is 4.74. The van der Waals surface area contributed by atoms with Crippen LogP contribution in [0.25, 0.3) is 0 Å². The first-order valence-corrected chi connectivity index (χ1v) is 10.5. The molecule has 10 heteroatoms. The molecule has 23 heavy (non-hydrogen) atoms. The molecule has 0 aliphatic carbocycles. The Labute approximate surface area is 138 Å². The number of nitrogens with two attached hydrogens (primary N) is 1. The van der Waals surface area contributed by atoms with Crippen LogP contribution in [0.1, 0.15) is 15.2 Å². The molecule has 3 N–H and O–H groups in total. The van der Waals surface area contributed by atoms with Gasteiger partial charge in [-0.1, -0.05) is 0 Å². The quantitative estimate of drug-likeness (QED) is 0.798. The van der Waals surface area contributed by atoms with Crippen LogP contribution in [0.15, 0.2) is 45.5 Å². The molecule has 0 saturated heterocycles. The van der Waals surface area contributed by atoms with Gasteiger partial charge in [-0.3, -0.25) is 4.79 Å². The molecular weight excluding hydrogens is 360 g/mol. The van der Waals surface area contributed by atoms with Gasteiger partial charge in [0, 0.05) is 16.7 Å². The number of sulfone groups is 1. The number of carbonyl (C=O) groups is 1. The van der Waals surface area contributed by atoms with Crippen LogP contribution in [0.3, 0.4) is 0 Å². The van der Waals surface area contributed by atoms with Crippen LogP contribution < -0.4 is 10.5 Å². The molecule has 0 bridgehead atoms. The number of hydrogen-bond acceptors (Lipinski definition) is 6. The predicted molar refractivity (Wildman–Crippen MR) is 86.4 cm³/mol. The molecule has 0 atom stereocenters. The van der Waals surface area contributed by atoms with E-state index in [0.29, 0.717) is 10.4 Å². The minimum Gasteiger partial charge on any atom is -0.347 e. The largest absolute Gasteiger partial charge is 0.347 e. The summed E-state index contributed by atoms with van der Waals surface area (Å²) in [5.41, 5.74) is 0.306. The number of nitrogens with one attached hydrogen (secondary N) is 1. The normalized spacial score (nSPS) is 12.1. The number of thiophene rings is 1. The Morgan fingerprint density at radius 2 is 1.70 bits per heavy atom. The van der Waals surface area contributed by atoms with Crippen molar-refractivity contribution in [1.82, 2.24) is 5.32 Å². The monoisotopic (exact) mass is 374 g/mol. The summed E-state index contributed by atoms with van der Waals surface area (Å²) in [6.45, 7) is 0.146. The highest BCUT2D eigenvalue weighted by Gasteiger charge is 2.13. The number of sulfonamides is 1. The van der Waals surface area contributed by atoms with Gasteiger partial charge in [-0.25, -0.2) is 22.0 Å². The molecular formula is C13H14N2O5S3. The van der Waals surface area contributed by atoms with Crippen LogP contribution in [0.2, 0.25) is 0 Å². The smallest absolute Gasteiger partial charge is 0.251 e. The van der Waals surface area contributed by atoms with Crippen molar-refractivity contribution in [3.8, 4) is 0 Å². The number of hydrogen-bond donors (Lipinski definition) is 2. The minimum absolute atomic E-state index is 0.0271. The third-order valence-corrected chi connectivity index (χ3v) is 6.54. The van der Waals surface area contributed by atoms with Gasteiger partial charge in [-0.15, -0.1) is 11.3 Å². The van der Waals surface area contributed by atoms with Crippen molar-refractivity contribution in [2.24, 2.45) is 5.14 Å². The molecule has 2 rings (SSSR count). The number of primary sulfonamides is 1. The third kappa shape index (κ3) is 4.61. The maximum atomic E-state index is 12.0.